The highest BCUT2D eigenvalue weighted by Gasteiger charge is 2.33. The van der Waals surface area contributed by atoms with Gasteiger partial charge in [0.05, 0.1) is 42.7 Å². The zero-order chi connectivity index (χ0) is 21.3. The average Bonchev–Trinajstić information content (AvgIpc) is 2.96. The van der Waals surface area contributed by atoms with Gasteiger partial charge in [-0.1, -0.05) is 0 Å². The van der Waals surface area contributed by atoms with Crippen molar-refractivity contribution in [2.45, 2.75) is 13.8 Å². The number of hydrogen-bond acceptors (Lipinski definition) is 8. The summed E-state index contributed by atoms with van der Waals surface area (Å²) < 4.78 is 16.9. The molecule has 0 aliphatic carbocycles. The van der Waals surface area contributed by atoms with Crippen LogP contribution >= 0.6 is 0 Å². The summed E-state index contributed by atoms with van der Waals surface area (Å²) in [6.07, 6.45) is 0. The molecule has 3 rings (SSSR count). The van der Waals surface area contributed by atoms with Crippen molar-refractivity contribution < 1.29 is 28.6 Å². The molecule has 0 saturated carbocycles. The van der Waals surface area contributed by atoms with E-state index in [9.17, 15) is 19.2 Å². The minimum Gasteiger partial charge on any atom is -0.490 e. The first kappa shape index (κ1) is 19.9. The second kappa shape index (κ2) is 7.66. The summed E-state index contributed by atoms with van der Waals surface area (Å²) >= 11 is 0. The SMILES string of the molecule is CCOc1cc(C(=O)OC)c(-n2c(N)c3c(cc2=O)C(=O)NC3=O)cc1OCC. The topological polar surface area (TPSA) is 139 Å². The number of carbonyl (C=O) groups is 3. The minimum absolute atomic E-state index is 0.0289. The van der Waals surface area contributed by atoms with Crippen molar-refractivity contribution in [2.24, 2.45) is 0 Å². The molecule has 2 amide bonds. The Morgan fingerprint density at radius 2 is 1.66 bits per heavy atom. The number of rotatable bonds is 6. The van der Waals surface area contributed by atoms with Crippen LogP contribution in [0.4, 0.5) is 5.82 Å². The van der Waals surface area contributed by atoms with Crippen LogP contribution in [0, 0.1) is 0 Å². The first-order valence-corrected chi connectivity index (χ1v) is 8.77. The Balaban J connectivity index is 2.36. The smallest absolute Gasteiger partial charge is 0.340 e. The second-order valence-electron chi connectivity index (χ2n) is 5.95. The van der Waals surface area contributed by atoms with E-state index in [0.717, 1.165) is 10.6 Å². The number of hydrogen-bond donors (Lipinski definition) is 2. The van der Waals surface area contributed by atoms with Crippen LogP contribution in [0.15, 0.2) is 23.0 Å². The number of nitrogens with zero attached hydrogens (tertiary/aromatic N) is 1. The molecule has 0 bridgehead atoms. The number of aromatic nitrogens is 1. The van der Waals surface area contributed by atoms with Gasteiger partial charge in [-0.15, -0.1) is 0 Å². The maximum atomic E-state index is 12.8. The molecule has 1 aliphatic rings. The lowest BCUT2D eigenvalue weighted by Gasteiger charge is -2.18. The molecule has 29 heavy (non-hydrogen) atoms. The number of nitrogens with one attached hydrogen (secondary N) is 1. The van der Waals surface area contributed by atoms with Crippen molar-refractivity contribution in [3.05, 3.63) is 45.2 Å². The van der Waals surface area contributed by atoms with Crippen LogP contribution < -0.4 is 26.1 Å². The number of fused-ring (bicyclic) bond motifs is 1. The largest absolute Gasteiger partial charge is 0.490 e. The lowest BCUT2D eigenvalue weighted by Crippen LogP contribution is -2.26. The summed E-state index contributed by atoms with van der Waals surface area (Å²) in [6, 6.07) is 3.77. The number of imide groups is 1. The number of carbonyl (C=O) groups excluding carboxylic acids is 3. The summed E-state index contributed by atoms with van der Waals surface area (Å²) in [7, 11) is 1.18. The molecule has 0 fully saturated rings. The van der Waals surface area contributed by atoms with Crippen molar-refractivity contribution in [3.63, 3.8) is 0 Å². The summed E-state index contributed by atoms with van der Waals surface area (Å²) in [5.74, 6) is -1.94. The molecule has 1 aliphatic heterocycles. The van der Waals surface area contributed by atoms with Crippen molar-refractivity contribution in [1.29, 1.82) is 0 Å². The lowest BCUT2D eigenvalue weighted by molar-refractivity contribution is 0.0599. The molecule has 0 spiro atoms. The van der Waals surface area contributed by atoms with E-state index in [1.165, 1.54) is 19.2 Å². The number of amides is 2. The standard InChI is InChI=1S/C19H19N3O7/c1-4-28-12-6-9(19(26)27-3)11(8-13(12)29-5-2)22-14(23)7-10-15(16(22)20)18(25)21-17(10)24/h6-8H,4-5,20H2,1-3H3,(H,21,24,25). The zero-order valence-electron chi connectivity index (χ0n) is 16.0. The van der Waals surface area contributed by atoms with E-state index in [4.69, 9.17) is 19.9 Å². The lowest BCUT2D eigenvalue weighted by atomic mass is 10.1. The zero-order valence-corrected chi connectivity index (χ0v) is 16.0. The van der Waals surface area contributed by atoms with Gasteiger partial charge >= 0.3 is 5.97 Å². The number of anilines is 1. The van der Waals surface area contributed by atoms with Gasteiger partial charge in [0, 0.05) is 18.2 Å². The Kier molecular flexibility index (Phi) is 5.26. The van der Waals surface area contributed by atoms with Crippen molar-refractivity contribution in [1.82, 2.24) is 9.88 Å². The molecule has 0 saturated heterocycles. The summed E-state index contributed by atoms with van der Waals surface area (Å²) in [5, 5.41) is 2.09. The molecule has 10 nitrogen and oxygen atoms in total. The molecule has 0 radical (unpaired) electrons. The Bertz CT molecular complexity index is 1090. The molecule has 0 atom stereocenters. The van der Waals surface area contributed by atoms with Gasteiger partial charge in [-0.05, 0) is 13.8 Å². The third-order valence-corrected chi connectivity index (χ3v) is 4.26. The summed E-state index contributed by atoms with van der Waals surface area (Å²) in [5.41, 5.74) is 5.11. The van der Waals surface area contributed by atoms with Gasteiger partial charge in [0.2, 0.25) is 0 Å². The first-order valence-electron chi connectivity index (χ1n) is 8.77. The van der Waals surface area contributed by atoms with Crippen LogP contribution in [0.1, 0.15) is 44.9 Å². The van der Waals surface area contributed by atoms with Crippen molar-refractivity contribution >= 4 is 23.6 Å². The number of nitrogen functional groups attached to an aromatic ring is 1. The molecule has 1 aromatic heterocycles. The van der Waals surface area contributed by atoms with Gasteiger partial charge in [-0.2, -0.15) is 0 Å². The molecule has 0 unspecified atom stereocenters. The summed E-state index contributed by atoms with van der Waals surface area (Å²) in [6.45, 7) is 4.13. The van der Waals surface area contributed by atoms with E-state index in [1.54, 1.807) is 13.8 Å². The summed E-state index contributed by atoms with van der Waals surface area (Å²) in [4.78, 5) is 49.1. The third kappa shape index (κ3) is 3.28. The highest BCUT2D eigenvalue weighted by molar-refractivity contribution is 6.23. The highest BCUT2D eigenvalue weighted by atomic mass is 16.5. The van der Waals surface area contributed by atoms with Crippen molar-refractivity contribution in [3.8, 4) is 17.2 Å². The molecule has 1 aromatic carbocycles. The monoisotopic (exact) mass is 401 g/mol. The number of methoxy groups -OCH3 is 1. The van der Waals surface area contributed by atoms with Gasteiger partial charge in [-0.25, -0.2) is 4.79 Å². The maximum absolute atomic E-state index is 12.8. The molecule has 10 heteroatoms. The van der Waals surface area contributed by atoms with E-state index < -0.39 is 23.3 Å². The molecular weight excluding hydrogens is 382 g/mol. The highest BCUT2D eigenvalue weighted by Crippen LogP contribution is 2.34. The number of benzene rings is 1. The van der Waals surface area contributed by atoms with Crippen LogP contribution in [0.2, 0.25) is 0 Å². The van der Waals surface area contributed by atoms with Gasteiger partial charge in [0.15, 0.2) is 11.5 Å². The average molecular weight is 401 g/mol. The number of pyridine rings is 1. The van der Waals surface area contributed by atoms with Crippen LogP contribution in [0.3, 0.4) is 0 Å². The van der Waals surface area contributed by atoms with E-state index in [-0.39, 0.29) is 39.7 Å². The fraction of sp³-hybridized carbons (Fsp3) is 0.263. The van der Waals surface area contributed by atoms with E-state index in [0.29, 0.717) is 13.2 Å². The minimum atomic E-state index is -0.753. The molecule has 152 valence electrons. The molecule has 2 aromatic rings. The molecule has 3 N–H and O–H groups in total. The van der Waals surface area contributed by atoms with Gasteiger partial charge in [0.1, 0.15) is 5.82 Å². The molecular formula is C19H19N3O7. The Hall–Kier alpha value is -3.82. The first-order chi connectivity index (χ1) is 13.8. The number of ether oxygens (including phenoxy) is 3. The number of esters is 1. The van der Waals surface area contributed by atoms with Crippen molar-refractivity contribution in [2.75, 3.05) is 26.1 Å². The van der Waals surface area contributed by atoms with Gasteiger partial charge in [-0.3, -0.25) is 24.3 Å². The van der Waals surface area contributed by atoms with Crippen LogP contribution in [0.25, 0.3) is 5.69 Å². The maximum Gasteiger partial charge on any atom is 0.340 e. The Labute approximate surface area is 165 Å². The van der Waals surface area contributed by atoms with Gasteiger partial charge < -0.3 is 19.9 Å². The predicted molar refractivity (Wildman–Crippen MR) is 102 cm³/mol. The number of nitrogens with two attached hydrogens (primary N) is 1. The normalized spacial score (nSPS) is 12.4. The fourth-order valence-corrected chi connectivity index (χ4v) is 3.07. The Morgan fingerprint density at radius 3 is 2.24 bits per heavy atom. The van der Waals surface area contributed by atoms with Crippen LogP contribution in [-0.2, 0) is 4.74 Å². The van der Waals surface area contributed by atoms with E-state index in [2.05, 4.69) is 5.32 Å². The van der Waals surface area contributed by atoms with Crippen LogP contribution in [0.5, 0.6) is 11.5 Å². The van der Waals surface area contributed by atoms with Gasteiger partial charge in [0.25, 0.3) is 17.4 Å². The predicted octanol–water partition coefficient (Wildman–Crippen LogP) is 0.887. The van der Waals surface area contributed by atoms with E-state index in [1.807, 2.05) is 0 Å². The van der Waals surface area contributed by atoms with E-state index >= 15 is 0 Å². The molecule has 2 heterocycles. The second-order valence-corrected chi connectivity index (χ2v) is 5.95. The Morgan fingerprint density at radius 1 is 1.03 bits per heavy atom. The fourth-order valence-electron chi connectivity index (χ4n) is 3.07. The quantitative estimate of drug-likeness (QED) is 0.537. The van der Waals surface area contributed by atoms with Crippen LogP contribution in [-0.4, -0.2) is 42.7 Å². The third-order valence-electron chi connectivity index (χ3n) is 4.26.